The zero-order valence-electron chi connectivity index (χ0n) is 8.30. The molecule has 0 bridgehead atoms. The predicted octanol–water partition coefficient (Wildman–Crippen LogP) is 2.94. The maximum absolute atomic E-state index is 13.1. The molecule has 0 aliphatic carbocycles. The van der Waals surface area contributed by atoms with Gasteiger partial charge in [0.05, 0.1) is 0 Å². The highest BCUT2D eigenvalue weighted by molar-refractivity contribution is 5.24. The van der Waals surface area contributed by atoms with Crippen LogP contribution in [0.1, 0.15) is 26.3 Å². The summed E-state index contributed by atoms with van der Waals surface area (Å²) < 4.78 is 13.1. The number of carbonyl (C=O) groups is 1. The Kier molecular flexibility index (Phi) is 4.32. The Balaban J connectivity index is 0.000000671. The number of carbonyl (C=O) groups excluding carboxylic acids is 1. The van der Waals surface area contributed by atoms with Crippen molar-refractivity contribution in [3.8, 4) is 0 Å². The number of rotatable bonds is 0. The van der Waals surface area contributed by atoms with Gasteiger partial charge in [-0.1, -0.05) is 39.0 Å². The first-order valence-corrected chi connectivity index (χ1v) is 4.06. The van der Waals surface area contributed by atoms with E-state index in [9.17, 15) is 4.39 Å². The van der Waals surface area contributed by atoms with Gasteiger partial charge in [-0.15, -0.1) is 0 Å². The Morgan fingerprint density at radius 2 is 1.62 bits per heavy atom. The van der Waals surface area contributed by atoms with Crippen LogP contribution in [0.25, 0.3) is 0 Å². The van der Waals surface area contributed by atoms with Gasteiger partial charge in [0.15, 0.2) is 0 Å². The SMILES string of the molecule is C=O.CC(C)(C)c1ccccc1F. The molecule has 0 amide bonds. The number of hydrogen-bond donors (Lipinski definition) is 0. The molecule has 0 aliphatic rings. The molecule has 1 rings (SSSR count). The molecule has 72 valence electrons. The summed E-state index contributed by atoms with van der Waals surface area (Å²) in [4.78, 5) is 8.00. The van der Waals surface area contributed by atoms with E-state index in [0.29, 0.717) is 0 Å². The molecular weight excluding hydrogens is 167 g/mol. The topological polar surface area (TPSA) is 17.1 Å². The van der Waals surface area contributed by atoms with Crippen LogP contribution in [0.4, 0.5) is 4.39 Å². The second kappa shape index (κ2) is 4.75. The molecule has 0 spiro atoms. The number of hydrogen-bond acceptors (Lipinski definition) is 1. The van der Waals surface area contributed by atoms with Crippen LogP contribution in [-0.4, -0.2) is 6.79 Å². The first kappa shape index (κ1) is 11.8. The Morgan fingerprint density at radius 3 is 1.92 bits per heavy atom. The van der Waals surface area contributed by atoms with E-state index in [0.717, 1.165) is 5.56 Å². The Hall–Kier alpha value is -1.18. The molecule has 0 saturated heterocycles. The van der Waals surface area contributed by atoms with E-state index in [1.54, 1.807) is 6.07 Å². The smallest absolute Gasteiger partial charge is 0.126 e. The van der Waals surface area contributed by atoms with Gasteiger partial charge in [-0.25, -0.2) is 4.39 Å². The fourth-order valence-corrected chi connectivity index (χ4v) is 1.07. The van der Waals surface area contributed by atoms with E-state index in [4.69, 9.17) is 4.79 Å². The van der Waals surface area contributed by atoms with Gasteiger partial charge in [-0.05, 0) is 17.0 Å². The molecule has 0 fully saturated rings. The minimum atomic E-state index is -0.111. The van der Waals surface area contributed by atoms with Crippen LogP contribution < -0.4 is 0 Å². The minimum Gasteiger partial charge on any atom is -0.307 e. The van der Waals surface area contributed by atoms with Crippen molar-refractivity contribution >= 4 is 6.79 Å². The van der Waals surface area contributed by atoms with E-state index in [1.807, 2.05) is 39.7 Å². The molecule has 1 aromatic rings. The minimum absolute atomic E-state index is 0.0919. The van der Waals surface area contributed by atoms with Crippen LogP contribution in [0, 0.1) is 5.82 Å². The van der Waals surface area contributed by atoms with Gasteiger partial charge in [0.2, 0.25) is 0 Å². The van der Waals surface area contributed by atoms with E-state index in [-0.39, 0.29) is 11.2 Å². The Labute approximate surface area is 78.6 Å². The molecule has 1 aromatic carbocycles. The highest BCUT2D eigenvalue weighted by Crippen LogP contribution is 2.23. The van der Waals surface area contributed by atoms with Crippen LogP contribution >= 0.6 is 0 Å². The highest BCUT2D eigenvalue weighted by Gasteiger charge is 2.16. The molecule has 1 nitrogen and oxygen atoms in total. The molecule has 0 heterocycles. The standard InChI is InChI=1S/C10H13F.CH2O/c1-10(2,3)8-6-4-5-7-9(8)11;1-2/h4-7H,1-3H3;1H2. The maximum atomic E-state index is 13.1. The normalized spacial score (nSPS) is 10.2. The second-order valence-electron chi connectivity index (χ2n) is 3.73. The molecule has 2 heteroatoms. The van der Waals surface area contributed by atoms with Crippen molar-refractivity contribution in [3.05, 3.63) is 35.6 Å². The lowest BCUT2D eigenvalue weighted by molar-refractivity contribution is -0.0979. The number of halogens is 1. The molecule has 0 unspecified atom stereocenters. The summed E-state index contributed by atoms with van der Waals surface area (Å²) in [7, 11) is 0. The third-order valence-corrected chi connectivity index (χ3v) is 1.68. The highest BCUT2D eigenvalue weighted by atomic mass is 19.1. The van der Waals surface area contributed by atoms with Crippen molar-refractivity contribution in [2.45, 2.75) is 26.2 Å². The summed E-state index contributed by atoms with van der Waals surface area (Å²) >= 11 is 0. The summed E-state index contributed by atoms with van der Waals surface area (Å²) in [6.07, 6.45) is 0. The first-order chi connectivity index (χ1) is 6.02. The van der Waals surface area contributed by atoms with Crippen LogP contribution in [0.15, 0.2) is 24.3 Å². The molecule has 0 radical (unpaired) electrons. The fraction of sp³-hybridized carbons (Fsp3) is 0.364. The summed E-state index contributed by atoms with van der Waals surface area (Å²) in [5.74, 6) is -0.111. The molecule has 0 aliphatic heterocycles. The van der Waals surface area contributed by atoms with Gasteiger partial charge in [-0.2, -0.15) is 0 Å². The molecule has 13 heavy (non-hydrogen) atoms. The van der Waals surface area contributed by atoms with Crippen molar-refractivity contribution in [2.75, 3.05) is 0 Å². The second-order valence-corrected chi connectivity index (χ2v) is 3.73. The van der Waals surface area contributed by atoms with Crippen molar-refractivity contribution in [1.82, 2.24) is 0 Å². The van der Waals surface area contributed by atoms with Gasteiger partial charge in [-0.3, -0.25) is 0 Å². The van der Waals surface area contributed by atoms with Crippen LogP contribution in [-0.2, 0) is 10.2 Å². The van der Waals surface area contributed by atoms with Crippen LogP contribution in [0.2, 0.25) is 0 Å². The Bertz CT molecular complexity index is 263. The summed E-state index contributed by atoms with van der Waals surface area (Å²) in [5, 5.41) is 0. The van der Waals surface area contributed by atoms with Crippen molar-refractivity contribution < 1.29 is 9.18 Å². The maximum Gasteiger partial charge on any atom is 0.126 e. The van der Waals surface area contributed by atoms with Crippen molar-refractivity contribution in [2.24, 2.45) is 0 Å². The lowest BCUT2D eigenvalue weighted by atomic mass is 9.87. The van der Waals surface area contributed by atoms with Crippen molar-refractivity contribution in [1.29, 1.82) is 0 Å². The molecule has 0 saturated carbocycles. The zero-order chi connectivity index (χ0) is 10.5. The summed E-state index contributed by atoms with van der Waals surface area (Å²) in [6, 6.07) is 6.91. The third kappa shape index (κ3) is 3.36. The predicted molar refractivity (Wildman–Crippen MR) is 52.2 cm³/mol. The van der Waals surface area contributed by atoms with E-state index < -0.39 is 0 Å². The van der Waals surface area contributed by atoms with E-state index in [1.165, 1.54) is 6.07 Å². The van der Waals surface area contributed by atoms with Crippen molar-refractivity contribution in [3.63, 3.8) is 0 Å². The molecular formula is C11H15FO. The van der Waals surface area contributed by atoms with Gasteiger partial charge in [0.25, 0.3) is 0 Å². The largest absolute Gasteiger partial charge is 0.307 e. The summed E-state index contributed by atoms with van der Waals surface area (Å²) in [5.41, 5.74) is 0.686. The van der Waals surface area contributed by atoms with E-state index in [2.05, 4.69) is 0 Å². The van der Waals surface area contributed by atoms with Gasteiger partial charge >= 0.3 is 0 Å². The van der Waals surface area contributed by atoms with Gasteiger partial charge in [0, 0.05) is 0 Å². The van der Waals surface area contributed by atoms with Crippen LogP contribution in [0.5, 0.6) is 0 Å². The zero-order valence-corrected chi connectivity index (χ0v) is 8.30. The lowest BCUT2D eigenvalue weighted by Crippen LogP contribution is -2.12. The fourth-order valence-electron chi connectivity index (χ4n) is 1.07. The number of benzene rings is 1. The lowest BCUT2D eigenvalue weighted by Gasteiger charge is -2.19. The van der Waals surface area contributed by atoms with Gasteiger partial charge in [0.1, 0.15) is 12.6 Å². The molecule has 0 aromatic heterocycles. The Morgan fingerprint density at radius 1 is 1.15 bits per heavy atom. The van der Waals surface area contributed by atoms with E-state index >= 15 is 0 Å². The third-order valence-electron chi connectivity index (χ3n) is 1.68. The van der Waals surface area contributed by atoms with Crippen LogP contribution in [0.3, 0.4) is 0 Å². The molecule has 0 atom stereocenters. The average Bonchev–Trinajstić information content (AvgIpc) is 2.07. The molecule has 0 N–H and O–H groups in total. The first-order valence-electron chi connectivity index (χ1n) is 4.06. The monoisotopic (exact) mass is 182 g/mol. The average molecular weight is 182 g/mol. The van der Waals surface area contributed by atoms with Gasteiger partial charge < -0.3 is 4.79 Å². The summed E-state index contributed by atoms with van der Waals surface area (Å²) in [6.45, 7) is 8.02. The quantitative estimate of drug-likeness (QED) is 0.603.